The fraction of sp³-hybridized carbons (Fsp3) is 0.286. The van der Waals surface area contributed by atoms with Crippen LogP contribution in [-0.2, 0) is 23.9 Å². The van der Waals surface area contributed by atoms with Crippen molar-refractivity contribution in [1.29, 1.82) is 0 Å². The maximum atomic E-state index is 12.9. The molecule has 0 amide bonds. The van der Waals surface area contributed by atoms with E-state index in [1.165, 1.54) is 5.56 Å². The van der Waals surface area contributed by atoms with Crippen LogP contribution < -0.4 is 5.56 Å². The summed E-state index contributed by atoms with van der Waals surface area (Å²) in [5.41, 5.74) is 2.41. The number of carboxylic acids is 1. The number of carboxylic acid groups (broad SMARTS) is 1. The van der Waals surface area contributed by atoms with Gasteiger partial charge in [-0.1, -0.05) is 59.3 Å². The van der Waals surface area contributed by atoms with Crippen molar-refractivity contribution >= 4 is 16.9 Å². The summed E-state index contributed by atoms with van der Waals surface area (Å²) in [6, 6.07) is 18.5. The summed E-state index contributed by atoms with van der Waals surface area (Å²) in [7, 11) is 0. The number of fused-ring (bicyclic) bond motifs is 1. The number of benzene rings is 3. The van der Waals surface area contributed by atoms with Crippen molar-refractivity contribution in [3.05, 3.63) is 93.8 Å². The van der Waals surface area contributed by atoms with Crippen LogP contribution in [0.5, 0.6) is 0 Å². The van der Waals surface area contributed by atoms with Gasteiger partial charge in [0.1, 0.15) is 5.52 Å². The molecule has 0 saturated carbocycles. The van der Waals surface area contributed by atoms with Crippen molar-refractivity contribution in [3.63, 3.8) is 0 Å². The fourth-order valence-electron chi connectivity index (χ4n) is 4.27. The van der Waals surface area contributed by atoms with E-state index in [0.717, 1.165) is 39.6 Å². The van der Waals surface area contributed by atoms with Crippen LogP contribution in [0.15, 0.2) is 71.5 Å². The summed E-state index contributed by atoms with van der Waals surface area (Å²) >= 11 is 0. The van der Waals surface area contributed by atoms with Gasteiger partial charge in [-0.2, -0.15) is 13.2 Å². The summed E-state index contributed by atoms with van der Waals surface area (Å²) < 4.78 is 39.7. The Kier molecular flexibility index (Phi) is 7.91. The largest absolute Gasteiger partial charge is 0.481 e. The Hall–Kier alpha value is -4.05. The van der Waals surface area contributed by atoms with Crippen LogP contribution in [0.3, 0.4) is 0 Å². The average molecular weight is 526 g/mol. The normalized spacial score (nSPS) is 13.4. The lowest BCUT2D eigenvalue weighted by molar-refractivity contribution is -0.146. The molecule has 7 nitrogen and oxygen atoms in total. The monoisotopic (exact) mass is 525 g/mol. The smallest absolute Gasteiger partial charge is 0.416 e. The highest BCUT2D eigenvalue weighted by molar-refractivity contribution is 5.77. The van der Waals surface area contributed by atoms with Gasteiger partial charge < -0.3 is 10.2 Å². The lowest BCUT2D eigenvalue weighted by Gasteiger charge is -2.19. The molecule has 38 heavy (non-hydrogen) atoms. The van der Waals surface area contributed by atoms with Gasteiger partial charge in [0.05, 0.1) is 23.0 Å². The first-order valence-electron chi connectivity index (χ1n) is 12.0. The topological polar surface area (TPSA) is 105 Å². The molecule has 0 aliphatic heterocycles. The second-order valence-corrected chi connectivity index (χ2v) is 9.25. The molecule has 2 N–H and O–H groups in total. The number of carbonyl (C=O) groups is 1. The van der Waals surface area contributed by atoms with Gasteiger partial charge in [0.2, 0.25) is 0 Å². The molecule has 1 aromatic heterocycles. The highest BCUT2D eigenvalue weighted by Gasteiger charge is 2.31. The first kappa shape index (κ1) is 27.0. The zero-order valence-corrected chi connectivity index (χ0v) is 20.5. The molecule has 0 fully saturated rings. The van der Waals surface area contributed by atoms with Crippen molar-refractivity contribution in [2.24, 2.45) is 5.92 Å². The van der Waals surface area contributed by atoms with Crippen molar-refractivity contribution in [2.45, 2.75) is 45.0 Å². The van der Waals surface area contributed by atoms with E-state index in [1.54, 1.807) is 0 Å². The van der Waals surface area contributed by atoms with Crippen LogP contribution in [0.25, 0.3) is 22.0 Å². The molecule has 198 valence electrons. The van der Waals surface area contributed by atoms with Gasteiger partial charge in [-0.15, -0.1) is 5.10 Å². The Morgan fingerprint density at radius 2 is 1.61 bits per heavy atom. The third-order valence-electron chi connectivity index (χ3n) is 6.55. The lowest BCUT2D eigenvalue weighted by Crippen LogP contribution is -2.32. The number of nitrogens with zero attached hydrogens (tertiary/aromatic N) is 3. The van der Waals surface area contributed by atoms with E-state index in [9.17, 15) is 33.0 Å². The van der Waals surface area contributed by atoms with E-state index < -0.39 is 35.3 Å². The van der Waals surface area contributed by atoms with E-state index >= 15 is 0 Å². The molecule has 0 radical (unpaired) electrons. The Morgan fingerprint density at radius 1 is 0.974 bits per heavy atom. The van der Waals surface area contributed by atoms with Gasteiger partial charge in [-0.3, -0.25) is 9.59 Å². The van der Waals surface area contributed by atoms with Crippen molar-refractivity contribution in [3.8, 4) is 11.1 Å². The summed E-state index contributed by atoms with van der Waals surface area (Å²) in [6.07, 6.45) is -5.22. The molecule has 10 heteroatoms. The highest BCUT2D eigenvalue weighted by Crippen LogP contribution is 2.30. The number of aliphatic hydroxyl groups is 1. The number of aryl methyl sites for hydroxylation is 3. The van der Waals surface area contributed by atoms with E-state index in [-0.39, 0.29) is 30.3 Å². The van der Waals surface area contributed by atoms with E-state index in [2.05, 4.69) is 10.3 Å². The van der Waals surface area contributed by atoms with Gasteiger partial charge in [0.15, 0.2) is 0 Å². The Balaban J connectivity index is 1.39. The zero-order valence-electron chi connectivity index (χ0n) is 20.5. The minimum atomic E-state index is -4.58. The molecule has 0 aliphatic rings. The molecule has 1 heterocycles. The Labute approximate surface area is 216 Å². The number of hydrogen-bond donors (Lipinski definition) is 2. The number of aromatic nitrogens is 3. The molecule has 0 aliphatic carbocycles. The van der Waals surface area contributed by atoms with Gasteiger partial charge >= 0.3 is 12.1 Å². The minimum Gasteiger partial charge on any atom is -0.481 e. The zero-order chi connectivity index (χ0) is 27.4. The van der Waals surface area contributed by atoms with Crippen LogP contribution in [0, 0.1) is 12.8 Å². The third kappa shape index (κ3) is 6.25. The molecular weight excluding hydrogens is 499 g/mol. The van der Waals surface area contributed by atoms with E-state index in [0.29, 0.717) is 6.42 Å². The van der Waals surface area contributed by atoms with Crippen LogP contribution in [0.2, 0.25) is 0 Å². The second-order valence-electron chi connectivity index (χ2n) is 9.25. The molecule has 3 aromatic carbocycles. The molecule has 4 aromatic rings. The van der Waals surface area contributed by atoms with E-state index in [4.69, 9.17) is 0 Å². The molecular formula is C28H26F3N3O4. The first-order valence-corrected chi connectivity index (χ1v) is 12.0. The number of aliphatic carboxylic acids is 1. The third-order valence-corrected chi connectivity index (χ3v) is 6.55. The molecule has 2 atom stereocenters. The number of halogens is 3. The van der Waals surface area contributed by atoms with Crippen LogP contribution in [0.4, 0.5) is 13.2 Å². The standard InChI is InChI=1S/C28H26F3N3O4/c1-17-2-7-19(8-3-17)20-9-4-18(5-10-20)6-13-25(35)23(27(37)38)14-15-34-26(36)22-12-11-21(28(29,30)31)16-24(22)32-33-34/h2-5,7-12,16,23,25,35H,6,13-15H2,1H3,(H,37,38)/t23-,25+/m0/s1. The summed E-state index contributed by atoms with van der Waals surface area (Å²) in [4.78, 5) is 24.5. The molecule has 0 saturated heterocycles. The van der Waals surface area contributed by atoms with Crippen molar-refractivity contribution in [2.75, 3.05) is 0 Å². The Morgan fingerprint density at radius 3 is 2.21 bits per heavy atom. The van der Waals surface area contributed by atoms with Crippen molar-refractivity contribution < 1.29 is 28.2 Å². The predicted octanol–water partition coefficient (Wildman–Crippen LogP) is 4.87. The average Bonchev–Trinajstić information content (AvgIpc) is 2.88. The first-order chi connectivity index (χ1) is 18.0. The number of rotatable bonds is 9. The molecule has 0 unspecified atom stereocenters. The second kappa shape index (κ2) is 11.1. The van der Waals surface area contributed by atoms with Gasteiger partial charge in [0, 0.05) is 6.54 Å². The summed E-state index contributed by atoms with van der Waals surface area (Å²) in [5, 5.41) is 27.6. The van der Waals surface area contributed by atoms with E-state index in [1.807, 2.05) is 55.5 Å². The lowest BCUT2D eigenvalue weighted by atomic mass is 9.93. The summed E-state index contributed by atoms with van der Waals surface area (Å²) in [5.74, 6) is -2.39. The van der Waals surface area contributed by atoms with Gasteiger partial charge in [-0.05, 0) is 61.1 Å². The molecule has 0 bridgehead atoms. The fourth-order valence-corrected chi connectivity index (χ4v) is 4.27. The number of hydrogen-bond acceptors (Lipinski definition) is 5. The maximum absolute atomic E-state index is 12.9. The SMILES string of the molecule is Cc1ccc(-c2ccc(CC[C@@H](O)[C@H](CCn3nnc4cc(C(F)(F)F)ccc4c3=O)C(=O)O)cc2)cc1. The number of alkyl halides is 3. The summed E-state index contributed by atoms with van der Waals surface area (Å²) in [6.45, 7) is 1.86. The minimum absolute atomic E-state index is 0.0606. The Bertz CT molecular complexity index is 1480. The van der Waals surface area contributed by atoms with Crippen LogP contribution >= 0.6 is 0 Å². The maximum Gasteiger partial charge on any atom is 0.416 e. The predicted molar refractivity (Wildman–Crippen MR) is 135 cm³/mol. The van der Waals surface area contributed by atoms with Crippen molar-refractivity contribution in [1.82, 2.24) is 15.0 Å². The van der Waals surface area contributed by atoms with Gasteiger partial charge in [0.25, 0.3) is 5.56 Å². The van der Waals surface area contributed by atoms with Crippen LogP contribution in [-0.4, -0.2) is 37.3 Å². The molecule has 4 rings (SSSR count). The van der Waals surface area contributed by atoms with Gasteiger partial charge in [-0.25, -0.2) is 4.68 Å². The number of aliphatic hydroxyl groups excluding tert-OH is 1. The molecule has 0 spiro atoms. The van der Waals surface area contributed by atoms with Crippen LogP contribution in [0.1, 0.15) is 29.5 Å². The quantitative estimate of drug-likeness (QED) is 0.323. The highest BCUT2D eigenvalue weighted by atomic mass is 19.4.